The average Bonchev–Trinajstić information content (AvgIpc) is 3.01. The number of ether oxygens (including phenoxy) is 3. The molecule has 0 spiro atoms. The molecule has 132 valence electrons. The van der Waals surface area contributed by atoms with Crippen LogP contribution in [0.15, 0.2) is 42.5 Å². The van der Waals surface area contributed by atoms with E-state index in [4.69, 9.17) is 14.2 Å². The second-order valence-electron chi connectivity index (χ2n) is 6.01. The SMILES string of the molecule is COc1cc(OC)c(C2CCC(=O)N2Cc2ccccc2)c(OC)c1. The number of carbonyl (C=O) groups excluding carboxylic acids is 1. The van der Waals surface area contributed by atoms with Crippen LogP contribution in [0.1, 0.15) is 30.0 Å². The molecule has 1 aliphatic heterocycles. The van der Waals surface area contributed by atoms with E-state index < -0.39 is 0 Å². The van der Waals surface area contributed by atoms with Crippen molar-refractivity contribution in [2.24, 2.45) is 0 Å². The van der Waals surface area contributed by atoms with E-state index in [0.29, 0.717) is 30.2 Å². The second-order valence-corrected chi connectivity index (χ2v) is 6.01. The maximum absolute atomic E-state index is 12.5. The average molecular weight is 341 g/mol. The van der Waals surface area contributed by atoms with Crippen LogP contribution in [0.3, 0.4) is 0 Å². The number of likely N-dealkylation sites (tertiary alicyclic amines) is 1. The van der Waals surface area contributed by atoms with Gasteiger partial charge in [-0.05, 0) is 12.0 Å². The molecule has 0 aromatic heterocycles. The lowest BCUT2D eigenvalue weighted by Gasteiger charge is -2.28. The summed E-state index contributed by atoms with van der Waals surface area (Å²) in [5.41, 5.74) is 2.00. The summed E-state index contributed by atoms with van der Waals surface area (Å²) in [6.07, 6.45) is 1.26. The molecule has 2 aromatic carbocycles. The Bertz CT molecular complexity index is 720. The van der Waals surface area contributed by atoms with Crippen LogP contribution in [-0.2, 0) is 11.3 Å². The Hall–Kier alpha value is -2.69. The minimum atomic E-state index is -0.0801. The largest absolute Gasteiger partial charge is 0.496 e. The summed E-state index contributed by atoms with van der Waals surface area (Å²) in [5, 5.41) is 0. The van der Waals surface area contributed by atoms with Crippen molar-refractivity contribution in [3.05, 3.63) is 53.6 Å². The van der Waals surface area contributed by atoms with Crippen LogP contribution < -0.4 is 14.2 Å². The summed E-state index contributed by atoms with van der Waals surface area (Å²) in [7, 11) is 4.85. The molecule has 1 aliphatic rings. The molecular weight excluding hydrogens is 318 g/mol. The highest BCUT2D eigenvalue weighted by Crippen LogP contribution is 2.45. The molecule has 1 atom stereocenters. The first-order valence-electron chi connectivity index (χ1n) is 8.31. The van der Waals surface area contributed by atoms with Crippen molar-refractivity contribution in [3.8, 4) is 17.2 Å². The Morgan fingerprint density at radius 1 is 1.00 bits per heavy atom. The first-order chi connectivity index (χ1) is 12.2. The minimum absolute atomic E-state index is 0.0801. The predicted octanol–water partition coefficient (Wildman–Crippen LogP) is 3.58. The third kappa shape index (κ3) is 3.40. The van der Waals surface area contributed by atoms with Crippen molar-refractivity contribution in [1.82, 2.24) is 4.90 Å². The lowest BCUT2D eigenvalue weighted by Crippen LogP contribution is -2.27. The highest BCUT2D eigenvalue weighted by atomic mass is 16.5. The van der Waals surface area contributed by atoms with Gasteiger partial charge >= 0.3 is 0 Å². The summed E-state index contributed by atoms with van der Waals surface area (Å²) in [6, 6.07) is 13.6. The number of carbonyl (C=O) groups is 1. The van der Waals surface area contributed by atoms with Crippen LogP contribution in [0.25, 0.3) is 0 Å². The Labute approximate surface area is 148 Å². The van der Waals surface area contributed by atoms with Crippen LogP contribution >= 0.6 is 0 Å². The zero-order chi connectivity index (χ0) is 17.8. The highest BCUT2D eigenvalue weighted by Gasteiger charge is 2.36. The van der Waals surface area contributed by atoms with Crippen LogP contribution in [0.5, 0.6) is 17.2 Å². The van der Waals surface area contributed by atoms with Gasteiger partial charge in [-0.15, -0.1) is 0 Å². The van der Waals surface area contributed by atoms with Crippen molar-refractivity contribution in [2.45, 2.75) is 25.4 Å². The number of hydrogen-bond acceptors (Lipinski definition) is 4. The number of amides is 1. The van der Waals surface area contributed by atoms with Gasteiger partial charge in [0.25, 0.3) is 0 Å². The third-order valence-electron chi connectivity index (χ3n) is 4.61. The third-order valence-corrected chi connectivity index (χ3v) is 4.61. The molecule has 3 rings (SSSR count). The Kier molecular flexibility index (Phi) is 5.12. The van der Waals surface area contributed by atoms with Crippen LogP contribution in [0, 0.1) is 0 Å². The molecule has 0 radical (unpaired) electrons. The second kappa shape index (κ2) is 7.47. The van der Waals surface area contributed by atoms with E-state index in [1.54, 1.807) is 21.3 Å². The first kappa shape index (κ1) is 17.1. The van der Waals surface area contributed by atoms with Crippen molar-refractivity contribution in [2.75, 3.05) is 21.3 Å². The van der Waals surface area contributed by atoms with E-state index in [0.717, 1.165) is 17.5 Å². The van der Waals surface area contributed by atoms with Gasteiger partial charge in [0.2, 0.25) is 5.91 Å². The van der Waals surface area contributed by atoms with E-state index in [-0.39, 0.29) is 11.9 Å². The molecule has 0 saturated carbocycles. The number of rotatable bonds is 6. The van der Waals surface area contributed by atoms with Gasteiger partial charge in [0.1, 0.15) is 17.2 Å². The first-order valence-corrected chi connectivity index (χ1v) is 8.31. The Balaban J connectivity index is 2.00. The zero-order valence-electron chi connectivity index (χ0n) is 14.8. The lowest BCUT2D eigenvalue weighted by atomic mass is 10.0. The van der Waals surface area contributed by atoms with Gasteiger partial charge in [-0.3, -0.25) is 4.79 Å². The lowest BCUT2D eigenvalue weighted by molar-refractivity contribution is -0.129. The van der Waals surface area contributed by atoms with Gasteiger partial charge in [0.05, 0.1) is 32.9 Å². The van der Waals surface area contributed by atoms with E-state index >= 15 is 0 Å². The highest BCUT2D eigenvalue weighted by molar-refractivity contribution is 5.79. The molecule has 5 nitrogen and oxygen atoms in total. The Morgan fingerprint density at radius 3 is 2.20 bits per heavy atom. The van der Waals surface area contributed by atoms with Gasteiger partial charge in [0, 0.05) is 25.1 Å². The van der Waals surface area contributed by atoms with Gasteiger partial charge in [0.15, 0.2) is 0 Å². The van der Waals surface area contributed by atoms with Gasteiger partial charge < -0.3 is 19.1 Å². The maximum Gasteiger partial charge on any atom is 0.223 e. The quantitative estimate of drug-likeness (QED) is 0.806. The van der Waals surface area contributed by atoms with E-state index in [9.17, 15) is 4.79 Å². The fourth-order valence-corrected chi connectivity index (χ4v) is 3.37. The molecule has 1 fully saturated rings. The molecule has 5 heteroatoms. The Morgan fingerprint density at radius 2 is 1.64 bits per heavy atom. The monoisotopic (exact) mass is 341 g/mol. The standard InChI is InChI=1S/C20H23NO4/c1-23-15-11-17(24-2)20(18(12-15)25-3)16-9-10-19(22)21(16)13-14-7-5-4-6-8-14/h4-8,11-12,16H,9-10,13H2,1-3H3. The molecule has 1 saturated heterocycles. The molecule has 1 amide bonds. The maximum atomic E-state index is 12.5. The topological polar surface area (TPSA) is 48.0 Å². The predicted molar refractivity (Wildman–Crippen MR) is 95.1 cm³/mol. The van der Waals surface area contributed by atoms with Crippen LogP contribution in [0.2, 0.25) is 0 Å². The normalized spacial score (nSPS) is 16.8. The van der Waals surface area contributed by atoms with Crippen molar-refractivity contribution in [3.63, 3.8) is 0 Å². The van der Waals surface area contributed by atoms with E-state index in [2.05, 4.69) is 0 Å². The van der Waals surface area contributed by atoms with Gasteiger partial charge in [-0.25, -0.2) is 0 Å². The molecule has 25 heavy (non-hydrogen) atoms. The fraction of sp³-hybridized carbons (Fsp3) is 0.350. The summed E-state index contributed by atoms with van der Waals surface area (Å²) in [5.74, 6) is 2.16. The molecule has 0 N–H and O–H groups in total. The molecule has 2 aromatic rings. The van der Waals surface area contributed by atoms with E-state index in [1.807, 2.05) is 47.4 Å². The van der Waals surface area contributed by atoms with Crippen molar-refractivity contribution >= 4 is 5.91 Å². The molecular formula is C20H23NO4. The van der Waals surface area contributed by atoms with Crippen LogP contribution in [0.4, 0.5) is 0 Å². The molecule has 1 unspecified atom stereocenters. The number of methoxy groups -OCH3 is 3. The van der Waals surface area contributed by atoms with Crippen molar-refractivity contribution in [1.29, 1.82) is 0 Å². The van der Waals surface area contributed by atoms with Crippen molar-refractivity contribution < 1.29 is 19.0 Å². The number of hydrogen-bond donors (Lipinski definition) is 0. The summed E-state index contributed by atoms with van der Waals surface area (Å²) in [4.78, 5) is 14.4. The summed E-state index contributed by atoms with van der Waals surface area (Å²) < 4.78 is 16.5. The van der Waals surface area contributed by atoms with Gasteiger partial charge in [-0.2, -0.15) is 0 Å². The van der Waals surface area contributed by atoms with Gasteiger partial charge in [-0.1, -0.05) is 30.3 Å². The zero-order valence-corrected chi connectivity index (χ0v) is 14.8. The van der Waals surface area contributed by atoms with E-state index in [1.165, 1.54) is 0 Å². The smallest absolute Gasteiger partial charge is 0.223 e. The summed E-state index contributed by atoms with van der Waals surface area (Å²) >= 11 is 0. The number of benzene rings is 2. The molecule has 0 bridgehead atoms. The molecule has 0 aliphatic carbocycles. The number of nitrogens with zero attached hydrogens (tertiary/aromatic N) is 1. The van der Waals surface area contributed by atoms with Crippen LogP contribution in [-0.4, -0.2) is 32.1 Å². The minimum Gasteiger partial charge on any atom is -0.496 e. The summed E-state index contributed by atoms with van der Waals surface area (Å²) in [6.45, 7) is 0.572. The molecule has 1 heterocycles. The fourth-order valence-electron chi connectivity index (χ4n) is 3.37.